The van der Waals surface area contributed by atoms with Crippen molar-refractivity contribution in [2.75, 3.05) is 0 Å². The number of ether oxygens (including phenoxy) is 2. The van der Waals surface area contributed by atoms with Gasteiger partial charge in [0.15, 0.2) is 5.60 Å². The van der Waals surface area contributed by atoms with Gasteiger partial charge >= 0.3 is 6.16 Å². The summed E-state index contributed by atoms with van der Waals surface area (Å²) in [6.45, 7) is 23.9. The van der Waals surface area contributed by atoms with Crippen molar-refractivity contribution in [3.05, 3.63) is 11.1 Å². The molecule has 1 aliphatic heterocycles. The molecule has 0 amide bonds. The van der Waals surface area contributed by atoms with Crippen LogP contribution >= 0.6 is 0 Å². The van der Waals surface area contributed by atoms with Crippen molar-refractivity contribution in [2.24, 2.45) is 45.8 Å². The van der Waals surface area contributed by atoms with Gasteiger partial charge in [0.1, 0.15) is 6.10 Å². The SMILES string of the molecule is CC[C@]1(C)C(C)C[C@H](C)[C@@]2(C)CC(C)C3=C(C)C(C)C[C@]4(OC(=O)OC4C12)C3(C)C. The van der Waals surface area contributed by atoms with Gasteiger partial charge in [-0.25, -0.2) is 4.79 Å². The van der Waals surface area contributed by atoms with E-state index in [1.54, 1.807) is 0 Å². The minimum atomic E-state index is -0.577. The lowest BCUT2D eigenvalue weighted by atomic mass is 9.40. The first-order valence-electron chi connectivity index (χ1n) is 12.4. The Labute approximate surface area is 184 Å². The third kappa shape index (κ3) is 2.47. The van der Waals surface area contributed by atoms with Crippen LogP contribution in [0.3, 0.4) is 0 Å². The molecule has 170 valence electrons. The molecule has 2 saturated carbocycles. The summed E-state index contributed by atoms with van der Waals surface area (Å²) in [5, 5.41) is 0. The van der Waals surface area contributed by atoms with Gasteiger partial charge in [0.05, 0.1) is 0 Å². The fourth-order valence-corrected chi connectivity index (χ4v) is 9.05. The van der Waals surface area contributed by atoms with Crippen LogP contribution in [0.4, 0.5) is 4.79 Å². The van der Waals surface area contributed by atoms with Crippen LogP contribution in [0.1, 0.15) is 94.9 Å². The van der Waals surface area contributed by atoms with Crippen molar-refractivity contribution < 1.29 is 14.3 Å². The molecule has 30 heavy (non-hydrogen) atoms. The molecular weight excluding hydrogens is 372 g/mol. The summed E-state index contributed by atoms with van der Waals surface area (Å²) in [5.41, 5.74) is 2.47. The van der Waals surface area contributed by atoms with Gasteiger partial charge in [-0.15, -0.1) is 0 Å². The lowest BCUT2D eigenvalue weighted by Crippen LogP contribution is -2.67. The van der Waals surface area contributed by atoms with Crippen LogP contribution in [0.2, 0.25) is 0 Å². The fourth-order valence-electron chi connectivity index (χ4n) is 9.05. The van der Waals surface area contributed by atoms with Gasteiger partial charge in [-0.3, -0.25) is 0 Å². The Morgan fingerprint density at radius 2 is 1.60 bits per heavy atom. The summed E-state index contributed by atoms with van der Waals surface area (Å²) in [6.07, 6.45) is 3.76. The topological polar surface area (TPSA) is 35.5 Å². The van der Waals surface area contributed by atoms with E-state index in [1.165, 1.54) is 17.6 Å². The lowest BCUT2D eigenvalue weighted by molar-refractivity contribution is -0.198. The van der Waals surface area contributed by atoms with Crippen LogP contribution in [0.15, 0.2) is 11.1 Å². The van der Waals surface area contributed by atoms with Gasteiger partial charge < -0.3 is 9.47 Å². The maximum absolute atomic E-state index is 12.9. The molecule has 3 aliphatic carbocycles. The van der Waals surface area contributed by atoms with E-state index in [4.69, 9.17) is 9.47 Å². The maximum Gasteiger partial charge on any atom is 0.509 e. The van der Waals surface area contributed by atoms with Gasteiger partial charge in [0.2, 0.25) is 0 Å². The van der Waals surface area contributed by atoms with E-state index >= 15 is 0 Å². The number of hydrogen-bond donors (Lipinski definition) is 0. The number of carbonyl (C=O) groups excluding carboxylic acids is 1. The second-order valence-electron chi connectivity index (χ2n) is 12.6. The summed E-state index contributed by atoms with van der Waals surface area (Å²) in [4.78, 5) is 12.9. The number of carbonyl (C=O) groups is 1. The summed E-state index contributed by atoms with van der Waals surface area (Å²) in [6, 6.07) is 0. The summed E-state index contributed by atoms with van der Waals surface area (Å²) in [7, 11) is 0. The maximum atomic E-state index is 12.9. The van der Waals surface area contributed by atoms with E-state index < -0.39 is 11.8 Å². The molecule has 3 fully saturated rings. The molecule has 1 spiro atoms. The molecule has 1 saturated heterocycles. The molecule has 3 heteroatoms. The summed E-state index contributed by atoms with van der Waals surface area (Å²) >= 11 is 0. The molecule has 3 nitrogen and oxygen atoms in total. The van der Waals surface area contributed by atoms with E-state index in [-0.39, 0.29) is 22.3 Å². The molecule has 0 radical (unpaired) electrons. The number of allylic oxidation sites excluding steroid dienone is 1. The van der Waals surface area contributed by atoms with E-state index in [1.807, 2.05) is 0 Å². The Kier molecular flexibility index (Phi) is 4.82. The van der Waals surface area contributed by atoms with Gasteiger partial charge in [0, 0.05) is 11.3 Å². The summed E-state index contributed by atoms with van der Waals surface area (Å²) in [5.74, 6) is 2.38. The minimum absolute atomic E-state index is 0.114. The smallest absolute Gasteiger partial charge is 0.426 e. The van der Waals surface area contributed by atoms with Crippen molar-refractivity contribution in [1.82, 2.24) is 0 Å². The van der Waals surface area contributed by atoms with Crippen molar-refractivity contribution in [3.63, 3.8) is 0 Å². The molecule has 0 aromatic carbocycles. The van der Waals surface area contributed by atoms with E-state index in [9.17, 15) is 4.79 Å². The first kappa shape index (κ1) is 22.2. The summed E-state index contributed by atoms with van der Waals surface area (Å²) < 4.78 is 12.6. The average molecular weight is 417 g/mol. The molecule has 0 N–H and O–H groups in total. The molecule has 0 aromatic rings. The largest absolute Gasteiger partial charge is 0.509 e. The van der Waals surface area contributed by atoms with Crippen molar-refractivity contribution >= 4 is 6.16 Å². The monoisotopic (exact) mass is 416 g/mol. The van der Waals surface area contributed by atoms with Crippen LogP contribution in [-0.2, 0) is 9.47 Å². The second kappa shape index (κ2) is 6.51. The van der Waals surface area contributed by atoms with Crippen LogP contribution in [-0.4, -0.2) is 17.9 Å². The highest BCUT2D eigenvalue weighted by Crippen LogP contribution is 2.70. The van der Waals surface area contributed by atoms with E-state index in [0.717, 1.165) is 19.3 Å². The Hall–Kier alpha value is -0.990. The van der Waals surface area contributed by atoms with Crippen LogP contribution < -0.4 is 0 Å². The first-order valence-corrected chi connectivity index (χ1v) is 12.4. The third-order valence-corrected chi connectivity index (χ3v) is 11.1. The molecule has 4 aliphatic rings. The van der Waals surface area contributed by atoms with Gasteiger partial charge in [-0.2, -0.15) is 0 Å². The molecule has 5 unspecified atom stereocenters. The zero-order valence-electron chi connectivity index (χ0n) is 21.0. The molecule has 4 rings (SSSR count). The van der Waals surface area contributed by atoms with Crippen molar-refractivity contribution in [1.29, 1.82) is 0 Å². The highest BCUT2D eigenvalue weighted by atomic mass is 16.8. The van der Waals surface area contributed by atoms with Crippen LogP contribution in [0.25, 0.3) is 0 Å². The normalized spacial score (nSPS) is 52.5. The fraction of sp³-hybridized carbons (Fsp3) is 0.889. The van der Waals surface area contributed by atoms with Crippen LogP contribution in [0.5, 0.6) is 0 Å². The quantitative estimate of drug-likeness (QED) is 0.330. The number of rotatable bonds is 1. The minimum Gasteiger partial charge on any atom is -0.426 e. The first-order chi connectivity index (χ1) is 13.8. The Morgan fingerprint density at radius 1 is 0.967 bits per heavy atom. The third-order valence-electron chi connectivity index (χ3n) is 11.1. The molecule has 9 atom stereocenters. The van der Waals surface area contributed by atoms with Gasteiger partial charge in [-0.1, -0.05) is 79.9 Å². The Morgan fingerprint density at radius 3 is 2.20 bits per heavy atom. The highest BCUT2D eigenvalue weighted by Gasteiger charge is 2.72. The predicted octanol–water partition coefficient (Wildman–Crippen LogP) is 7.40. The molecule has 1 heterocycles. The second-order valence-corrected chi connectivity index (χ2v) is 12.6. The van der Waals surface area contributed by atoms with Crippen molar-refractivity contribution in [3.8, 4) is 0 Å². The highest BCUT2D eigenvalue weighted by molar-refractivity contribution is 5.65. The lowest BCUT2D eigenvalue weighted by Gasteiger charge is -2.65. The Bertz CT molecular complexity index is 781. The van der Waals surface area contributed by atoms with E-state index in [2.05, 4.69) is 69.2 Å². The number of hydrogen-bond acceptors (Lipinski definition) is 3. The predicted molar refractivity (Wildman–Crippen MR) is 121 cm³/mol. The Balaban J connectivity index is 2.04. The van der Waals surface area contributed by atoms with E-state index in [0.29, 0.717) is 29.6 Å². The standard InChI is InChI=1S/C27H44O3/c1-11-25(9)17(4)12-18(5)26(10)13-16(3)20-19(6)15(2)14-27(24(20,7)8)22(21(25)26)29-23(28)30-27/h15-18,21-22H,11-14H2,1-10H3/t15?,16?,17?,18-,21?,22?,25+,26+,27+/m0/s1. The molecular formula is C27H44O3. The zero-order valence-corrected chi connectivity index (χ0v) is 21.0. The number of fused-ring (bicyclic) bond motifs is 3. The molecule has 2 bridgehead atoms. The van der Waals surface area contributed by atoms with Gasteiger partial charge in [0.25, 0.3) is 0 Å². The van der Waals surface area contributed by atoms with Crippen LogP contribution in [0, 0.1) is 45.8 Å². The van der Waals surface area contributed by atoms with Gasteiger partial charge in [-0.05, 0) is 60.7 Å². The molecule has 0 aromatic heterocycles. The average Bonchev–Trinajstić information content (AvgIpc) is 2.95. The zero-order chi connectivity index (χ0) is 22.4. The van der Waals surface area contributed by atoms with Crippen molar-refractivity contribution in [2.45, 2.75) is 107 Å².